The van der Waals surface area contributed by atoms with E-state index in [4.69, 9.17) is 9.47 Å². The number of esters is 1. The van der Waals surface area contributed by atoms with Crippen LogP contribution in [0.2, 0.25) is 0 Å². The van der Waals surface area contributed by atoms with Gasteiger partial charge in [0.25, 0.3) is 23.6 Å². The lowest BCUT2D eigenvalue weighted by atomic mass is 10.1. The third-order valence-corrected chi connectivity index (χ3v) is 4.50. The molecule has 9 nitrogen and oxygen atoms in total. The lowest BCUT2D eigenvalue weighted by Crippen LogP contribution is -2.44. The predicted octanol–water partition coefficient (Wildman–Crippen LogP) is 1.18. The number of methoxy groups -OCH3 is 1. The summed E-state index contributed by atoms with van der Waals surface area (Å²) in [4.78, 5) is 62.1. The maximum Gasteiger partial charge on any atom is 0.329 e. The van der Waals surface area contributed by atoms with Gasteiger partial charge in [0.15, 0.2) is 6.61 Å². The van der Waals surface area contributed by atoms with E-state index in [0.29, 0.717) is 0 Å². The van der Waals surface area contributed by atoms with Gasteiger partial charge in [0.1, 0.15) is 11.8 Å². The number of imide groups is 2. The summed E-state index contributed by atoms with van der Waals surface area (Å²) in [5, 5.41) is 2.08. The van der Waals surface area contributed by atoms with E-state index in [1.54, 1.807) is 30.3 Å². The van der Waals surface area contributed by atoms with Crippen molar-refractivity contribution in [3.05, 3.63) is 65.2 Å². The minimum absolute atomic E-state index is 0.138. The minimum Gasteiger partial charge on any atom is -0.496 e. The van der Waals surface area contributed by atoms with E-state index in [9.17, 15) is 24.0 Å². The molecule has 0 aromatic heterocycles. The van der Waals surface area contributed by atoms with Gasteiger partial charge >= 0.3 is 5.97 Å². The summed E-state index contributed by atoms with van der Waals surface area (Å²) in [6, 6.07) is 11.3. The Balaban J connectivity index is 1.58. The molecular weight excluding hydrogens is 392 g/mol. The number of rotatable bonds is 6. The molecule has 3 rings (SSSR count). The Morgan fingerprint density at radius 2 is 1.53 bits per heavy atom. The fourth-order valence-corrected chi connectivity index (χ4v) is 2.98. The predicted molar refractivity (Wildman–Crippen MR) is 103 cm³/mol. The first kappa shape index (κ1) is 20.7. The summed E-state index contributed by atoms with van der Waals surface area (Å²) in [6.45, 7) is 0.565. The van der Waals surface area contributed by atoms with Crippen LogP contribution in [0, 0.1) is 0 Å². The highest BCUT2D eigenvalue weighted by Gasteiger charge is 2.41. The van der Waals surface area contributed by atoms with Gasteiger partial charge in [0.2, 0.25) is 0 Å². The number of fused-ring (bicyclic) bond motifs is 1. The van der Waals surface area contributed by atoms with E-state index in [-0.39, 0.29) is 22.4 Å². The molecule has 1 aliphatic heterocycles. The maximum absolute atomic E-state index is 12.4. The number of carbonyl (C=O) groups is 5. The zero-order chi connectivity index (χ0) is 21.8. The molecule has 154 valence electrons. The fraction of sp³-hybridized carbons (Fsp3) is 0.190. The van der Waals surface area contributed by atoms with Gasteiger partial charge in [0, 0.05) is 0 Å². The van der Waals surface area contributed by atoms with Crippen molar-refractivity contribution in [1.82, 2.24) is 10.2 Å². The molecule has 0 spiro atoms. The molecular formula is C21H18N2O7. The number of nitrogens with one attached hydrogen (secondary N) is 1. The standard InChI is InChI=1S/C21H18N2O7/c1-12(23-19(26)13-7-3-4-8-14(13)20(23)27)21(28)30-11-17(24)22-18(25)15-9-5-6-10-16(15)29-2/h3-10,12H,11H2,1-2H3,(H,22,24,25)/t12-/m0/s1. The van der Waals surface area contributed by atoms with E-state index >= 15 is 0 Å². The summed E-state index contributed by atoms with van der Waals surface area (Å²) in [7, 11) is 1.39. The van der Waals surface area contributed by atoms with Crippen molar-refractivity contribution in [2.45, 2.75) is 13.0 Å². The molecule has 1 N–H and O–H groups in total. The van der Waals surface area contributed by atoms with E-state index in [2.05, 4.69) is 5.32 Å². The molecule has 0 radical (unpaired) electrons. The Morgan fingerprint density at radius 1 is 0.967 bits per heavy atom. The van der Waals surface area contributed by atoms with Crippen molar-refractivity contribution >= 4 is 29.6 Å². The molecule has 2 aromatic rings. The number of hydrogen-bond donors (Lipinski definition) is 1. The van der Waals surface area contributed by atoms with Gasteiger partial charge in [-0.3, -0.25) is 29.4 Å². The smallest absolute Gasteiger partial charge is 0.329 e. The first-order chi connectivity index (χ1) is 14.3. The molecule has 0 saturated carbocycles. The lowest BCUT2D eigenvalue weighted by Gasteiger charge is -2.20. The third kappa shape index (κ3) is 3.90. The van der Waals surface area contributed by atoms with Crippen LogP contribution < -0.4 is 10.1 Å². The van der Waals surface area contributed by atoms with Gasteiger partial charge < -0.3 is 9.47 Å². The molecule has 0 fully saturated rings. The summed E-state index contributed by atoms with van der Waals surface area (Å²) in [5.74, 6) is -3.49. The SMILES string of the molecule is COc1ccccc1C(=O)NC(=O)COC(=O)[C@H](C)N1C(=O)c2ccccc2C1=O. The minimum atomic E-state index is -1.24. The molecule has 9 heteroatoms. The summed E-state index contributed by atoms with van der Waals surface area (Å²) < 4.78 is 9.94. The number of nitrogens with zero attached hydrogens (tertiary/aromatic N) is 1. The Bertz CT molecular complexity index is 1010. The van der Waals surface area contributed by atoms with Gasteiger partial charge in [-0.15, -0.1) is 0 Å². The quantitative estimate of drug-likeness (QED) is 0.561. The zero-order valence-corrected chi connectivity index (χ0v) is 16.2. The second-order valence-corrected chi connectivity index (χ2v) is 6.39. The first-order valence-electron chi connectivity index (χ1n) is 8.96. The molecule has 4 amide bonds. The second kappa shape index (κ2) is 8.56. The van der Waals surface area contributed by atoms with E-state index in [0.717, 1.165) is 4.90 Å². The van der Waals surface area contributed by atoms with Crippen LogP contribution in [0.15, 0.2) is 48.5 Å². The van der Waals surface area contributed by atoms with E-state index in [1.807, 2.05) is 0 Å². The van der Waals surface area contributed by atoms with Crippen molar-refractivity contribution in [2.24, 2.45) is 0 Å². The first-order valence-corrected chi connectivity index (χ1v) is 8.96. The number of amides is 4. The highest BCUT2D eigenvalue weighted by molar-refractivity contribution is 6.22. The Hall–Kier alpha value is -4.01. The van der Waals surface area contributed by atoms with Crippen molar-refractivity contribution in [2.75, 3.05) is 13.7 Å². The van der Waals surface area contributed by atoms with Gasteiger partial charge in [-0.2, -0.15) is 0 Å². The van der Waals surface area contributed by atoms with Crippen LogP contribution in [-0.2, 0) is 14.3 Å². The molecule has 0 unspecified atom stereocenters. The molecule has 1 heterocycles. The number of ether oxygens (including phenoxy) is 2. The Kier molecular flexibility index (Phi) is 5.91. The van der Waals surface area contributed by atoms with Crippen molar-refractivity contribution in [3.8, 4) is 5.75 Å². The van der Waals surface area contributed by atoms with Gasteiger partial charge in [-0.05, 0) is 31.2 Å². The third-order valence-electron chi connectivity index (χ3n) is 4.50. The van der Waals surface area contributed by atoms with Gasteiger partial charge in [-0.25, -0.2) is 4.79 Å². The lowest BCUT2D eigenvalue weighted by molar-refractivity contribution is -0.151. The number of benzene rings is 2. The number of carbonyl (C=O) groups excluding carboxylic acids is 5. The van der Waals surface area contributed by atoms with Crippen LogP contribution in [0.1, 0.15) is 38.0 Å². The molecule has 0 aliphatic carbocycles. The van der Waals surface area contributed by atoms with Gasteiger partial charge in [0.05, 0.1) is 23.8 Å². The zero-order valence-electron chi connectivity index (χ0n) is 16.2. The van der Waals surface area contributed by atoms with Crippen LogP contribution in [0.3, 0.4) is 0 Å². The Labute approximate surface area is 171 Å². The van der Waals surface area contributed by atoms with Crippen LogP contribution in [0.5, 0.6) is 5.75 Å². The van der Waals surface area contributed by atoms with Crippen molar-refractivity contribution < 1.29 is 33.4 Å². The van der Waals surface area contributed by atoms with Crippen LogP contribution in [0.4, 0.5) is 0 Å². The van der Waals surface area contributed by atoms with Crippen molar-refractivity contribution in [3.63, 3.8) is 0 Å². The average molecular weight is 410 g/mol. The molecule has 2 aromatic carbocycles. The second-order valence-electron chi connectivity index (χ2n) is 6.39. The molecule has 0 saturated heterocycles. The number of hydrogen-bond acceptors (Lipinski definition) is 7. The number of para-hydroxylation sites is 1. The normalized spacial score (nSPS) is 13.5. The summed E-state index contributed by atoms with van der Waals surface area (Å²) in [6.07, 6.45) is 0. The molecule has 30 heavy (non-hydrogen) atoms. The maximum atomic E-state index is 12.4. The van der Waals surface area contributed by atoms with E-state index < -0.39 is 42.2 Å². The summed E-state index contributed by atoms with van der Waals surface area (Å²) in [5.41, 5.74) is 0.531. The highest BCUT2D eigenvalue weighted by Crippen LogP contribution is 2.24. The monoisotopic (exact) mass is 410 g/mol. The topological polar surface area (TPSA) is 119 Å². The largest absolute Gasteiger partial charge is 0.496 e. The highest BCUT2D eigenvalue weighted by atomic mass is 16.5. The van der Waals surface area contributed by atoms with Crippen LogP contribution in [-0.4, -0.2) is 54.3 Å². The average Bonchev–Trinajstić information content (AvgIpc) is 3.01. The van der Waals surface area contributed by atoms with E-state index in [1.165, 1.54) is 32.2 Å². The summed E-state index contributed by atoms with van der Waals surface area (Å²) >= 11 is 0. The van der Waals surface area contributed by atoms with Crippen molar-refractivity contribution in [1.29, 1.82) is 0 Å². The molecule has 1 atom stereocenters. The van der Waals surface area contributed by atoms with Gasteiger partial charge in [-0.1, -0.05) is 24.3 Å². The van der Waals surface area contributed by atoms with Crippen LogP contribution in [0.25, 0.3) is 0 Å². The molecule has 0 bridgehead atoms. The van der Waals surface area contributed by atoms with Crippen LogP contribution >= 0.6 is 0 Å². The molecule has 1 aliphatic rings. The Morgan fingerprint density at radius 3 is 2.13 bits per heavy atom. The fourth-order valence-electron chi connectivity index (χ4n) is 2.98.